The number of benzene rings is 2. The summed E-state index contributed by atoms with van der Waals surface area (Å²) in [5.41, 5.74) is 4.37. The van der Waals surface area contributed by atoms with Gasteiger partial charge in [0.2, 0.25) is 0 Å². The van der Waals surface area contributed by atoms with Crippen LogP contribution in [-0.2, 0) is 9.84 Å². The predicted molar refractivity (Wildman–Crippen MR) is 118 cm³/mol. The van der Waals surface area contributed by atoms with Crippen LogP contribution in [-0.4, -0.2) is 30.0 Å². The summed E-state index contributed by atoms with van der Waals surface area (Å²) in [4.78, 5) is 17.3. The van der Waals surface area contributed by atoms with Gasteiger partial charge in [-0.25, -0.2) is 13.4 Å². The number of carbonyl (C=O) groups excluding carboxylic acids is 1. The molecule has 2 aromatic heterocycles. The fourth-order valence-electron chi connectivity index (χ4n) is 3.12. The minimum atomic E-state index is -3.45. The van der Waals surface area contributed by atoms with Crippen molar-refractivity contribution in [3.63, 3.8) is 0 Å². The van der Waals surface area contributed by atoms with E-state index < -0.39 is 15.7 Å². The minimum Gasteiger partial charge on any atom is -0.322 e. The second-order valence-corrected chi connectivity index (χ2v) is 9.42. The van der Waals surface area contributed by atoms with Crippen LogP contribution in [0.25, 0.3) is 16.9 Å². The molecule has 30 heavy (non-hydrogen) atoms. The molecule has 0 aliphatic rings. The minimum absolute atomic E-state index is 0.0366. The SMILES string of the molecule is Cc1cccn2cc(-c3ccc(NC(=O)c4cc(S(C)(=O)=O)ccc4Cl)cc3)nc12. The van der Waals surface area contributed by atoms with E-state index in [1.54, 1.807) is 12.1 Å². The lowest BCUT2D eigenvalue weighted by molar-refractivity contribution is 0.102. The number of imidazole rings is 1. The van der Waals surface area contributed by atoms with E-state index in [0.29, 0.717) is 5.69 Å². The molecule has 6 nitrogen and oxygen atoms in total. The number of fused-ring (bicyclic) bond motifs is 1. The fourth-order valence-corrected chi connectivity index (χ4v) is 3.98. The molecule has 4 aromatic rings. The van der Waals surface area contributed by atoms with Crippen molar-refractivity contribution in [2.45, 2.75) is 11.8 Å². The average Bonchev–Trinajstić information content (AvgIpc) is 3.13. The van der Waals surface area contributed by atoms with Crippen LogP contribution in [0.2, 0.25) is 5.02 Å². The van der Waals surface area contributed by atoms with Gasteiger partial charge in [-0.15, -0.1) is 0 Å². The number of sulfone groups is 1. The zero-order valence-corrected chi connectivity index (χ0v) is 17.8. The van der Waals surface area contributed by atoms with E-state index in [1.807, 2.05) is 48.0 Å². The first-order valence-corrected chi connectivity index (χ1v) is 11.3. The van der Waals surface area contributed by atoms with Gasteiger partial charge in [-0.05, 0) is 48.9 Å². The van der Waals surface area contributed by atoms with Gasteiger partial charge >= 0.3 is 0 Å². The van der Waals surface area contributed by atoms with Crippen molar-refractivity contribution in [1.82, 2.24) is 9.38 Å². The lowest BCUT2D eigenvalue weighted by Gasteiger charge is -2.09. The summed E-state index contributed by atoms with van der Waals surface area (Å²) in [6.45, 7) is 2.01. The van der Waals surface area contributed by atoms with Crippen molar-refractivity contribution in [2.24, 2.45) is 0 Å². The molecule has 0 saturated carbocycles. The summed E-state index contributed by atoms with van der Waals surface area (Å²) >= 11 is 6.10. The highest BCUT2D eigenvalue weighted by molar-refractivity contribution is 7.90. The Balaban J connectivity index is 1.58. The standard InChI is InChI=1S/C22H18ClN3O3S/c1-14-4-3-11-26-13-20(25-21(14)26)15-5-7-16(8-6-15)24-22(27)18-12-17(30(2,28)29)9-10-19(18)23/h3-13H,1-2H3,(H,24,27). The lowest BCUT2D eigenvalue weighted by atomic mass is 10.1. The molecule has 0 saturated heterocycles. The first-order valence-electron chi connectivity index (χ1n) is 9.08. The second kappa shape index (κ2) is 7.59. The molecule has 0 aliphatic carbocycles. The third-order valence-electron chi connectivity index (χ3n) is 4.73. The summed E-state index contributed by atoms with van der Waals surface area (Å²) in [5, 5.41) is 2.93. The first-order chi connectivity index (χ1) is 14.2. The van der Waals surface area contributed by atoms with E-state index in [-0.39, 0.29) is 15.5 Å². The molecule has 0 aliphatic heterocycles. The molecule has 4 rings (SSSR count). The number of halogens is 1. The third-order valence-corrected chi connectivity index (χ3v) is 6.17. The van der Waals surface area contributed by atoms with Crippen molar-refractivity contribution >= 4 is 38.7 Å². The molecule has 8 heteroatoms. The Morgan fingerprint density at radius 2 is 1.83 bits per heavy atom. The molecule has 0 spiro atoms. The van der Waals surface area contributed by atoms with E-state index in [9.17, 15) is 13.2 Å². The van der Waals surface area contributed by atoms with Crippen molar-refractivity contribution in [3.05, 3.63) is 83.1 Å². The van der Waals surface area contributed by atoms with Crippen molar-refractivity contribution in [3.8, 4) is 11.3 Å². The monoisotopic (exact) mass is 439 g/mol. The van der Waals surface area contributed by atoms with Gasteiger partial charge in [-0.1, -0.05) is 29.8 Å². The van der Waals surface area contributed by atoms with Crippen LogP contribution in [0.5, 0.6) is 0 Å². The van der Waals surface area contributed by atoms with Gasteiger partial charge in [-0.2, -0.15) is 0 Å². The Morgan fingerprint density at radius 3 is 2.50 bits per heavy atom. The van der Waals surface area contributed by atoms with Crippen LogP contribution in [0.3, 0.4) is 0 Å². The molecule has 0 bridgehead atoms. The number of hydrogen-bond acceptors (Lipinski definition) is 4. The van der Waals surface area contributed by atoms with Crippen LogP contribution in [0.1, 0.15) is 15.9 Å². The molecule has 0 atom stereocenters. The number of aryl methyl sites for hydroxylation is 1. The average molecular weight is 440 g/mol. The van der Waals surface area contributed by atoms with Crippen LogP contribution >= 0.6 is 11.6 Å². The maximum Gasteiger partial charge on any atom is 0.257 e. The normalized spacial score (nSPS) is 11.6. The smallest absolute Gasteiger partial charge is 0.257 e. The first kappa shape index (κ1) is 20.1. The number of nitrogens with zero attached hydrogens (tertiary/aromatic N) is 2. The highest BCUT2D eigenvalue weighted by Gasteiger charge is 2.16. The Morgan fingerprint density at radius 1 is 1.10 bits per heavy atom. The highest BCUT2D eigenvalue weighted by Crippen LogP contribution is 2.24. The largest absolute Gasteiger partial charge is 0.322 e. The van der Waals surface area contributed by atoms with E-state index in [0.717, 1.165) is 28.7 Å². The van der Waals surface area contributed by atoms with Crippen LogP contribution in [0.4, 0.5) is 5.69 Å². The third kappa shape index (κ3) is 3.94. The van der Waals surface area contributed by atoms with E-state index >= 15 is 0 Å². The molecule has 0 fully saturated rings. The zero-order valence-electron chi connectivity index (χ0n) is 16.3. The number of carbonyl (C=O) groups is 1. The predicted octanol–water partition coefficient (Wildman–Crippen LogP) is 4.62. The number of rotatable bonds is 4. The molecule has 2 heterocycles. The molecule has 1 amide bonds. The van der Waals surface area contributed by atoms with Gasteiger partial charge < -0.3 is 9.72 Å². The topological polar surface area (TPSA) is 80.5 Å². The van der Waals surface area contributed by atoms with Crippen molar-refractivity contribution in [2.75, 3.05) is 11.6 Å². The van der Waals surface area contributed by atoms with E-state index in [4.69, 9.17) is 11.6 Å². The zero-order chi connectivity index (χ0) is 21.5. The fraction of sp³-hybridized carbons (Fsp3) is 0.0909. The van der Waals surface area contributed by atoms with Gasteiger partial charge in [0.25, 0.3) is 5.91 Å². The molecular formula is C22H18ClN3O3S. The number of hydrogen-bond donors (Lipinski definition) is 1. The van der Waals surface area contributed by atoms with Gasteiger partial charge in [0, 0.05) is 29.9 Å². The highest BCUT2D eigenvalue weighted by atomic mass is 35.5. The number of pyridine rings is 1. The Kier molecular flexibility index (Phi) is 5.09. The summed E-state index contributed by atoms with van der Waals surface area (Å²) in [5.74, 6) is -0.485. The van der Waals surface area contributed by atoms with Crippen molar-refractivity contribution < 1.29 is 13.2 Å². The van der Waals surface area contributed by atoms with Gasteiger partial charge in [-0.3, -0.25) is 4.79 Å². The maximum absolute atomic E-state index is 12.6. The molecule has 152 valence electrons. The Bertz CT molecular complexity index is 1380. The number of aromatic nitrogens is 2. The quantitative estimate of drug-likeness (QED) is 0.503. The summed E-state index contributed by atoms with van der Waals surface area (Å²) in [6, 6.07) is 15.3. The van der Waals surface area contributed by atoms with Crippen LogP contribution in [0.15, 0.2) is 71.9 Å². The van der Waals surface area contributed by atoms with E-state index in [2.05, 4.69) is 10.3 Å². The second-order valence-electron chi connectivity index (χ2n) is 6.99. The summed E-state index contributed by atoms with van der Waals surface area (Å²) < 4.78 is 25.5. The lowest BCUT2D eigenvalue weighted by Crippen LogP contribution is -2.13. The van der Waals surface area contributed by atoms with Crippen LogP contribution in [0, 0.1) is 6.92 Å². The van der Waals surface area contributed by atoms with Gasteiger partial charge in [0.05, 0.1) is 21.2 Å². The molecular weight excluding hydrogens is 422 g/mol. The van der Waals surface area contributed by atoms with Crippen LogP contribution < -0.4 is 5.32 Å². The summed E-state index contributed by atoms with van der Waals surface area (Å²) in [6.07, 6.45) is 4.98. The summed E-state index contributed by atoms with van der Waals surface area (Å²) in [7, 11) is -3.45. The van der Waals surface area contributed by atoms with E-state index in [1.165, 1.54) is 18.2 Å². The number of anilines is 1. The molecule has 0 radical (unpaired) electrons. The number of nitrogens with one attached hydrogen (secondary N) is 1. The maximum atomic E-state index is 12.6. The molecule has 1 N–H and O–H groups in total. The Labute approximate surface area is 179 Å². The van der Waals surface area contributed by atoms with Crippen molar-refractivity contribution in [1.29, 1.82) is 0 Å². The van der Waals surface area contributed by atoms with Gasteiger partial charge in [0.15, 0.2) is 9.84 Å². The van der Waals surface area contributed by atoms with Gasteiger partial charge in [0.1, 0.15) is 5.65 Å². The molecule has 0 unspecified atom stereocenters. The molecule has 2 aromatic carbocycles. The Hall–Kier alpha value is -3.16. The number of amides is 1.